The van der Waals surface area contributed by atoms with Gasteiger partial charge in [0, 0.05) is 44.3 Å². The molecule has 1 saturated heterocycles. The molecule has 0 radical (unpaired) electrons. The monoisotopic (exact) mass is 298 g/mol. The molecule has 0 bridgehead atoms. The first-order chi connectivity index (χ1) is 10.6. The zero-order chi connectivity index (χ0) is 15.5. The van der Waals surface area contributed by atoms with Gasteiger partial charge in [-0.15, -0.1) is 0 Å². The van der Waals surface area contributed by atoms with E-state index in [0.29, 0.717) is 0 Å². The fourth-order valence-electron chi connectivity index (χ4n) is 2.90. The van der Waals surface area contributed by atoms with Crippen molar-refractivity contribution < 1.29 is 4.79 Å². The molecule has 0 unspecified atom stereocenters. The highest BCUT2D eigenvalue weighted by atomic mass is 16.2. The average Bonchev–Trinajstić information content (AvgIpc) is 3.08. The van der Waals surface area contributed by atoms with Crippen molar-refractivity contribution in [3.63, 3.8) is 0 Å². The van der Waals surface area contributed by atoms with Crippen LogP contribution in [-0.4, -0.2) is 46.5 Å². The Labute approximate surface area is 131 Å². The van der Waals surface area contributed by atoms with Crippen LogP contribution in [0, 0.1) is 6.92 Å². The quantitative estimate of drug-likeness (QED) is 0.871. The third kappa shape index (κ3) is 2.98. The number of imidazole rings is 1. The Balaban J connectivity index is 1.61. The van der Waals surface area contributed by atoms with Crippen molar-refractivity contribution in [1.29, 1.82) is 0 Å². The van der Waals surface area contributed by atoms with Crippen molar-refractivity contribution in [2.24, 2.45) is 0 Å². The van der Waals surface area contributed by atoms with E-state index in [9.17, 15) is 4.79 Å². The summed E-state index contributed by atoms with van der Waals surface area (Å²) in [6, 6.07) is 8.34. The minimum Gasteiger partial charge on any atom is -0.368 e. The molecule has 1 fully saturated rings. The van der Waals surface area contributed by atoms with E-state index in [2.05, 4.69) is 41.1 Å². The Morgan fingerprint density at radius 3 is 2.64 bits per heavy atom. The summed E-state index contributed by atoms with van der Waals surface area (Å²) in [6.07, 6.45) is 5.25. The molecule has 5 nitrogen and oxygen atoms in total. The van der Waals surface area contributed by atoms with E-state index in [-0.39, 0.29) is 11.9 Å². The normalized spacial score (nSPS) is 16.6. The molecular formula is C17H22N4O. The third-order valence-electron chi connectivity index (χ3n) is 4.29. The first kappa shape index (κ1) is 14.6. The molecule has 1 aliphatic rings. The summed E-state index contributed by atoms with van der Waals surface area (Å²) >= 11 is 0. The molecule has 0 saturated carbocycles. The van der Waals surface area contributed by atoms with Gasteiger partial charge >= 0.3 is 0 Å². The van der Waals surface area contributed by atoms with E-state index < -0.39 is 0 Å². The van der Waals surface area contributed by atoms with Crippen LogP contribution in [0.3, 0.4) is 0 Å². The van der Waals surface area contributed by atoms with Crippen LogP contribution in [0.2, 0.25) is 0 Å². The molecule has 1 aliphatic heterocycles. The highest BCUT2D eigenvalue weighted by Crippen LogP contribution is 2.19. The summed E-state index contributed by atoms with van der Waals surface area (Å²) in [6.45, 7) is 7.34. The lowest BCUT2D eigenvalue weighted by Gasteiger charge is -2.37. The number of hydrogen-bond donors (Lipinski definition) is 0. The predicted molar refractivity (Wildman–Crippen MR) is 86.9 cm³/mol. The zero-order valence-corrected chi connectivity index (χ0v) is 13.1. The van der Waals surface area contributed by atoms with E-state index in [0.717, 1.165) is 26.2 Å². The first-order valence-electron chi connectivity index (χ1n) is 7.73. The lowest BCUT2D eigenvalue weighted by atomic mass is 10.2. The van der Waals surface area contributed by atoms with Gasteiger partial charge in [-0.3, -0.25) is 4.79 Å². The van der Waals surface area contributed by atoms with Crippen LogP contribution in [0.4, 0.5) is 5.69 Å². The van der Waals surface area contributed by atoms with Crippen molar-refractivity contribution >= 4 is 11.6 Å². The van der Waals surface area contributed by atoms with Gasteiger partial charge in [-0.1, -0.05) is 12.1 Å². The number of aryl methyl sites for hydroxylation is 1. The lowest BCUT2D eigenvalue weighted by Crippen LogP contribution is -2.50. The summed E-state index contributed by atoms with van der Waals surface area (Å²) < 4.78 is 1.86. The van der Waals surface area contributed by atoms with Crippen LogP contribution in [-0.2, 0) is 4.79 Å². The van der Waals surface area contributed by atoms with Gasteiger partial charge in [-0.05, 0) is 31.5 Å². The Bertz CT molecular complexity index is 630. The number of nitrogens with zero attached hydrogens (tertiary/aromatic N) is 4. The molecule has 2 aromatic rings. The zero-order valence-electron chi connectivity index (χ0n) is 13.1. The fraction of sp³-hybridized carbons (Fsp3) is 0.412. The molecule has 1 aromatic carbocycles. The van der Waals surface area contributed by atoms with Gasteiger partial charge in [0.25, 0.3) is 0 Å². The third-order valence-corrected chi connectivity index (χ3v) is 4.29. The molecule has 0 spiro atoms. The van der Waals surface area contributed by atoms with Crippen LogP contribution < -0.4 is 4.90 Å². The second-order valence-corrected chi connectivity index (χ2v) is 5.84. The van der Waals surface area contributed by atoms with Gasteiger partial charge < -0.3 is 14.4 Å². The number of carbonyl (C=O) groups is 1. The standard InChI is InChI=1S/C17H22N4O/c1-14-4-3-5-16(12-14)19-8-10-20(11-9-19)17(22)15(2)21-7-6-18-13-21/h3-7,12-13,15H,8-11H2,1-2H3/t15-/m1/s1. The number of amides is 1. The number of benzene rings is 1. The first-order valence-corrected chi connectivity index (χ1v) is 7.73. The van der Waals surface area contributed by atoms with E-state index >= 15 is 0 Å². The van der Waals surface area contributed by atoms with Gasteiger partial charge in [0.1, 0.15) is 6.04 Å². The SMILES string of the molecule is Cc1cccc(N2CCN(C(=O)[C@@H](C)n3ccnc3)CC2)c1. The van der Waals surface area contributed by atoms with Gasteiger partial charge in [-0.25, -0.2) is 4.98 Å². The number of piperazine rings is 1. The van der Waals surface area contributed by atoms with E-state index in [1.54, 1.807) is 12.5 Å². The Morgan fingerprint density at radius 1 is 1.23 bits per heavy atom. The molecule has 2 heterocycles. The van der Waals surface area contributed by atoms with Crippen LogP contribution >= 0.6 is 0 Å². The Hall–Kier alpha value is -2.30. The van der Waals surface area contributed by atoms with Crippen molar-refractivity contribution in [3.05, 3.63) is 48.5 Å². The molecule has 0 N–H and O–H groups in total. The van der Waals surface area contributed by atoms with Gasteiger partial charge in [-0.2, -0.15) is 0 Å². The number of aromatic nitrogens is 2. The Morgan fingerprint density at radius 2 is 2.00 bits per heavy atom. The summed E-state index contributed by atoms with van der Waals surface area (Å²) in [7, 11) is 0. The van der Waals surface area contributed by atoms with Crippen molar-refractivity contribution in [1.82, 2.24) is 14.5 Å². The van der Waals surface area contributed by atoms with Gasteiger partial charge in [0.2, 0.25) is 5.91 Å². The maximum atomic E-state index is 12.6. The second kappa shape index (κ2) is 6.22. The van der Waals surface area contributed by atoms with Crippen LogP contribution in [0.25, 0.3) is 0 Å². The molecule has 3 rings (SSSR count). The minimum atomic E-state index is -0.187. The van der Waals surface area contributed by atoms with Crippen molar-refractivity contribution in [2.75, 3.05) is 31.1 Å². The number of anilines is 1. The smallest absolute Gasteiger partial charge is 0.245 e. The lowest BCUT2D eigenvalue weighted by molar-refractivity contribution is -0.134. The summed E-state index contributed by atoms with van der Waals surface area (Å²) in [4.78, 5) is 20.9. The molecular weight excluding hydrogens is 276 g/mol. The minimum absolute atomic E-state index is 0.168. The largest absolute Gasteiger partial charge is 0.368 e. The predicted octanol–water partition coefficient (Wildman–Crippen LogP) is 2.10. The van der Waals surface area contributed by atoms with Crippen molar-refractivity contribution in [2.45, 2.75) is 19.9 Å². The number of carbonyl (C=O) groups excluding carboxylic acids is 1. The van der Waals surface area contributed by atoms with Crippen LogP contribution in [0.15, 0.2) is 43.0 Å². The molecule has 5 heteroatoms. The maximum absolute atomic E-state index is 12.6. The van der Waals surface area contributed by atoms with E-state index in [1.807, 2.05) is 22.6 Å². The number of hydrogen-bond acceptors (Lipinski definition) is 3. The van der Waals surface area contributed by atoms with Gasteiger partial charge in [0.15, 0.2) is 0 Å². The van der Waals surface area contributed by atoms with E-state index in [4.69, 9.17) is 0 Å². The summed E-state index contributed by atoms with van der Waals surface area (Å²) in [5, 5.41) is 0. The summed E-state index contributed by atoms with van der Waals surface area (Å²) in [5.74, 6) is 0.168. The maximum Gasteiger partial charge on any atom is 0.245 e. The van der Waals surface area contributed by atoms with E-state index in [1.165, 1.54) is 11.3 Å². The molecule has 116 valence electrons. The number of rotatable bonds is 3. The highest BCUT2D eigenvalue weighted by Gasteiger charge is 2.25. The van der Waals surface area contributed by atoms with Gasteiger partial charge in [0.05, 0.1) is 6.33 Å². The molecule has 1 aromatic heterocycles. The Kier molecular flexibility index (Phi) is 4.13. The summed E-state index contributed by atoms with van der Waals surface area (Å²) in [5.41, 5.74) is 2.51. The molecule has 1 atom stereocenters. The fourth-order valence-corrected chi connectivity index (χ4v) is 2.90. The molecule has 1 amide bonds. The van der Waals surface area contributed by atoms with Crippen molar-refractivity contribution in [3.8, 4) is 0 Å². The molecule has 22 heavy (non-hydrogen) atoms. The molecule has 0 aliphatic carbocycles. The topological polar surface area (TPSA) is 41.4 Å². The van der Waals surface area contributed by atoms with Crippen LogP contribution in [0.5, 0.6) is 0 Å². The average molecular weight is 298 g/mol. The highest BCUT2D eigenvalue weighted by molar-refractivity contribution is 5.80. The second-order valence-electron chi connectivity index (χ2n) is 5.84. The van der Waals surface area contributed by atoms with Crippen LogP contribution in [0.1, 0.15) is 18.5 Å².